The molecule has 3 N–H and O–H groups in total. The highest BCUT2D eigenvalue weighted by Crippen LogP contribution is 2.29. The predicted octanol–water partition coefficient (Wildman–Crippen LogP) is 3.21. The number of nitrogens with zero attached hydrogens (tertiary/aromatic N) is 2. The monoisotopic (exact) mass is 407 g/mol. The number of anilines is 1. The number of rotatable bonds is 6. The Kier molecular flexibility index (Phi) is 5.21. The van der Waals surface area contributed by atoms with E-state index in [0.717, 1.165) is 11.3 Å². The maximum atomic E-state index is 12.5. The number of thiophene rings is 1. The summed E-state index contributed by atoms with van der Waals surface area (Å²) >= 11 is 1.25. The van der Waals surface area contributed by atoms with Crippen LogP contribution in [0.4, 0.5) is 5.82 Å². The fraction of sp³-hybridized carbons (Fsp3) is 0.100. The van der Waals surface area contributed by atoms with E-state index < -0.39 is 0 Å². The van der Waals surface area contributed by atoms with Crippen molar-refractivity contribution in [2.45, 2.75) is 6.54 Å². The van der Waals surface area contributed by atoms with Gasteiger partial charge in [0.15, 0.2) is 0 Å². The third-order valence-corrected chi connectivity index (χ3v) is 5.27. The fourth-order valence-corrected chi connectivity index (χ4v) is 3.67. The molecule has 8 nitrogen and oxygen atoms in total. The van der Waals surface area contributed by atoms with Crippen LogP contribution in [-0.4, -0.2) is 34.1 Å². The number of methoxy groups -OCH3 is 1. The maximum absolute atomic E-state index is 12.5. The summed E-state index contributed by atoms with van der Waals surface area (Å²) in [4.78, 5) is 29.9. The highest BCUT2D eigenvalue weighted by Gasteiger charge is 2.17. The molecule has 4 aromatic rings. The number of aromatic nitrogens is 3. The maximum Gasteiger partial charge on any atom is 0.261 e. The van der Waals surface area contributed by atoms with Crippen molar-refractivity contribution in [3.05, 3.63) is 70.9 Å². The van der Waals surface area contributed by atoms with Crippen LogP contribution >= 0.6 is 11.3 Å². The molecule has 0 unspecified atom stereocenters. The topological polar surface area (TPSA) is 109 Å². The van der Waals surface area contributed by atoms with Gasteiger partial charge < -0.3 is 15.4 Å². The zero-order valence-electron chi connectivity index (χ0n) is 15.4. The molecule has 2 amide bonds. The number of carbonyl (C=O) groups is 2. The van der Waals surface area contributed by atoms with Crippen molar-refractivity contribution >= 4 is 39.2 Å². The molecule has 0 aliphatic carbocycles. The largest absolute Gasteiger partial charge is 0.497 e. The van der Waals surface area contributed by atoms with Crippen LogP contribution in [0.5, 0.6) is 5.75 Å². The Morgan fingerprint density at radius 3 is 2.76 bits per heavy atom. The van der Waals surface area contributed by atoms with Gasteiger partial charge >= 0.3 is 0 Å². The number of H-pyrrole nitrogens is 1. The Hall–Kier alpha value is -3.72. The van der Waals surface area contributed by atoms with E-state index in [1.165, 1.54) is 11.3 Å². The molecule has 0 spiro atoms. The number of ether oxygens (including phenoxy) is 1. The molecule has 0 bridgehead atoms. The average molecular weight is 407 g/mol. The lowest BCUT2D eigenvalue weighted by atomic mass is 10.2. The van der Waals surface area contributed by atoms with Crippen LogP contribution in [0.1, 0.15) is 25.6 Å². The lowest BCUT2D eigenvalue weighted by molar-refractivity contribution is 0.0954. The Morgan fingerprint density at radius 1 is 1.14 bits per heavy atom. The van der Waals surface area contributed by atoms with E-state index in [9.17, 15) is 9.59 Å². The minimum Gasteiger partial charge on any atom is -0.497 e. The quantitative estimate of drug-likeness (QED) is 0.455. The average Bonchev–Trinajstić information content (AvgIpc) is 3.35. The minimum atomic E-state index is -0.284. The minimum absolute atomic E-state index is 0.206. The SMILES string of the molecule is COc1cccc(CNC(=O)c2cc3c(NC(=O)c4ccncc4)[nH]nc3s2)c1. The molecular weight excluding hydrogens is 390 g/mol. The molecule has 0 fully saturated rings. The van der Waals surface area contributed by atoms with Crippen molar-refractivity contribution in [2.75, 3.05) is 12.4 Å². The van der Waals surface area contributed by atoms with E-state index in [2.05, 4.69) is 25.8 Å². The molecule has 1 aromatic carbocycles. The Morgan fingerprint density at radius 2 is 1.97 bits per heavy atom. The van der Waals surface area contributed by atoms with Crippen molar-refractivity contribution < 1.29 is 14.3 Å². The van der Waals surface area contributed by atoms with Crippen LogP contribution in [0.2, 0.25) is 0 Å². The number of pyridine rings is 1. The number of carbonyl (C=O) groups excluding carboxylic acids is 2. The van der Waals surface area contributed by atoms with Crippen molar-refractivity contribution in [1.29, 1.82) is 0 Å². The van der Waals surface area contributed by atoms with Crippen LogP contribution in [0.25, 0.3) is 10.2 Å². The molecule has 0 aliphatic rings. The summed E-state index contributed by atoms with van der Waals surface area (Å²) in [5.74, 6) is 0.696. The van der Waals surface area contributed by atoms with Crippen molar-refractivity contribution in [2.24, 2.45) is 0 Å². The summed E-state index contributed by atoms with van der Waals surface area (Å²) in [5, 5.41) is 13.3. The molecule has 0 aliphatic heterocycles. The van der Waals surface area contributed by atoms with Gasteiger partial charge in [-0.05, 0) is 35.9 Å². The third kappa shape index (κ3) is 4.09. The first-order valence-corrected chi connectivity index (χ1v) is 9.56. The first-order chi connectivity index (χ1) is 14.1. The van der Waals surface area contributed by atoms with Crippen molar-refractivity contribution in [3.8, 4) is 5.75 Å². The zero-order valence-corrected chi connectivity index (χ0v) is 16.2. The number of aromatic amines is 1. The standard InChI is InChI=1S/C20H17N5O3S/c1-28-14-4-2-3-12(9-14)11-22-19(27)16-10-15-17(24-25-20(15)29-16)23-18(26)13-5-7-21-8-6-13/h2-10H,11H2,1H3,(H,22,27)(H2,23,24,25,26). The van der Waals surface area contributed by atoms with Crippen LogP contribution in [0, 0.1) is 0 Å². The number of benzene rings is 1. The normalized spacial score (nSPS) is 10.7. The molecule has 0 atom stereocenters. The number of hydrogen-bond acceptors (Lipinski definition) is 6. The van der Waals surface area contributed by atoms with Crippen LogP contribution in [-0.2, 0) is 6.54 Å². The molecule has 0 saturated heterocycles. The van der Waals surface area contributed by atoms with Crippen molar-refractivity contribution in [3.63, 3.8) is 0 Å². The Balaban J connectivity index is 1.46. The number of hydrogen-bond donors (Lipinski definition) is 3. The molecule has 0 saturated carbocycles. The highest BCUT2D eigenvalue weighted by molar-refractivity contribution is 7.20. The summed E-state index contributed by atoms with van der Waals surface area (Å²) in [6.07, 6.45) is 3.10. The van der Waals surface area contributed by atoms with Gasteiger partial charge in [0, 0.05) is 24.5 Å². The first kappa shape index (κ1) is 18.6. The second-order valence-electron chi connectivity index (χ2n) is 6.15. The Labute approximate surface area is 169 Å². The van der Waals surface area contributed by atoms with Gasteiger partial charge in [-0.3, -0.25) is 19.7 Å². The van der Waals surface area contributed by atoms with Gasteiger partial charge in [-0.1, -0.05) is 12.1 Å². The van der Waals surface area contributed by atoms with E-state index in [-0.39, 0.29) is 11.8 Å². The molecule has 9 heteroatoms. The van der Waals surface area contributed by atoms with Gasteiger partial charge in [-0.15, -0.1) is 11.3 Å². The molecule has 3 aromatic heterocycles. The number of fused-ring (bicyclic) bond motifs is 1. The van der Waals surface area contributed by atoms with Gasteiger partial charge in [0.05, 0.1) is 17.4 Å². The summed E-state index contributed by atoms with van der Waals surface area (Å²) < 4.78 is 5.19. The number of amides is 2. The molecule has 0 radical (unpaired) electrons. The number of nitrogens with one attached hydrogen (secondary N) is 3. The van der Waals surface area contributed by atoms with E-state index in [1.54, 1.807) is 37.7 Å². The van der Waals surface area contributed by atoms with Gasteiger partial charge in [0.25, 0.3) is 11.8 Å². The molecular formula is C20H17N5O3S. The molecule has 4 rings (SSSR count). The predicted molar refractivity (Wildman–Crippen MR) is 110 cm³/mol. The highest BCUT2D eigenvalue weighted by atomic mass is 32.1. The zero-order chi connectivity index (χ0) is 20.2. The van der Waals surface area contributed by atoms with E-state index in [0.29, 0.717) is 33.0 Å². The smallest absolute Gasteiger partial charge is 0.261 e. The van der Waals surface area contributed by atoms with E-state index >= 15 is 0 Å². The van der Waals surface area contributed by atoms with E-state index in [4.69, 9.17) is 4.74 Å². The van der Waals surface area contributed by atoms with Crippen LogP contribution in [0.15, 0.2) is 54.9 Å². The van der Waals surface area contributed by atoms with Gasteiger partial charge in [-0.25, -0.2) is 0 Å². The lowest BCUT2D eigenvalue weighted by Crippen LogP contribution is -2.21. The van der Waals surface area contributed by atoms with Crippen molar-refractivity contribution in [1.82, 2.24) is 20.5 Å². The van der Waals surface area contributed by atoms with Crippen LogP contribution < -0.4 is 15.4 Å². The molecule has 146 valence electrons. The molecule has 3 heterocycles. The van der Waals surface area contributed by atoms with Crippen LogP contribution in [0.3, 0.4) is 0 Å². The first-order valence-electron chi connectivity index (χ1n) is 8.74. The van der Waals surface area contributed by atoms with Gasteiger partial charge in [0.1, 0.15) is 16.4 Å². The molecule has 29 heavy (non-hydrogen) atoms. The second kappa shape index (κ2) is 8.11. The summed E-state index contributed by atoms with van der Waals surface area (Å²) in [5.41, 5.74) is 1.42. The second-order valence-corrected chi connectivity index (χ2v) is 7.18. The van der Waals surface area contributed by atoms with Gasteiger partial charge in [0.2, 0.25) is 0 Å². The van der Waals surface area contributed by atoms with E-state index in [1.807, 2.05) is 24.3 Å². The summed E-state index contributed by atoms with van der Waals surface area (Å²) in [6.45, 7) is 0.378. The summed E-state index contributed by atoms with van der Waals surface area (Å²) in [6, 6.07) is 12.5. The lowest BCUT2D eigenvalue weighted by Gasteiger charge is -2.06. The summed E-state index contributed by atoms with van der Waals surface area (Å²) in [7, 11) is 1.60. The third-order valence-electron chi connectivity index (χ3n) is 4.24. The van der Waals surface area contributed by atoms with Gasteiger partial charge in [-0.2, -0.15) is 5.10 Å². The Bertz CT molecular complexity index is 1170. The fourth-order valence-electron chi connectivity index (χ4n) is 2.76.